The molecule has 0 aliphatic rings. The number of benzene rings is 1. The Hall–Kier alpha value is -2.44. The van der Waals surface area contributed by atoms with Gasteiger partial charge in [0.15, 0.2) is 5.13 Å². The number of halogens is 1. The molecule has 1 amide bonds. The maximum absolute atomic E-state index is 11.7. The Labute approximate surface area is 155 Å². The van der Waals surface area contributed by atoms with Crippen LogP contribution in [0.15, 0.2) is 48.0 Å². The molecule has 0 spiro atoms. The fourth-order valence-electron chi connectivity index (χ4n) is 2.05. The molecule has 1 aromatic carbocycles. The molecule has 0 aliphatic carbocycles. The summed E-state index contributed by atoms with van der Waals surface area (Å²) in [4.78, 5) is 20.3. The minimum Gasteiger partial charge on any atom is -0.330 e. The van der Waals surface area contributed by atoms with E-state index in [1.807, 2.05) is 49.6 Å². The molecule has 0 atom stereocenters. The molecular formula is C18H17ClN4OS. The summed E-state index contributed by atoms with van der Waals surface area (Å²) in [7, 11) is 0. The van der Waals surface area contributed by atoms with Gasteiger partial charge < -0.3 is 10.6 Å². The van der Waals surface area contributed by atoms with Crippen LogP contribution in [0.1, 0.15) is 13.8 Å². The van der Waals surface area contributed by atoms with Gasteiger partial charge in [0, 0.05) is 22.5 Å². The standard InChI is InChI=1S/C18H17ClN4OS/c1-11(2)17(24)21-13-5-3-12(4-6-13)15-10-25-18(23-15)22-14-7-8-16(19)20-9-14/h3-11H,1-2H3,(H,21,24)(H,22,23). The van der Waals surface area contributed by atoms with Gasteiger partial charge in [-0.25, -0.2) is 9.97 Å². The minimum absolute atomic E-state index is 0.00414. The number of carbonyl (C=O) groups excluding carboxylic acids is 1. The fraction of sp³-hybridized carbons (Fsp3) is 0.167. The van der Waals surface area contributed by atoms with Crippen molar-refractivity contribution < 1.29 is 4.79 Å². The molecule has 2 aromatic heterocycles. The number of anilines is 3. The van der Waals surface area contributed by atoms with Crippen LogP contribution in [0.4, 0.5) is 16.5 Å². The van der Waals surface area contributed by atoms with Gasteiger partial charge >= 0.3 is 0 Å². The van der Waals surface area contributed by atoms with Gasteiger partial charge in [-0.15, -0.1) is 11.3 Å². The van der Waals surface area contributed by atoms with Gasteiger partial charge in [0.05, 0.1) is 17.6 Å². The highest BCUT2D eigenvalue weighted by atomic mass is 35.5. The number of hydrogen-bond acceptors (Lipinski definition) is 5. The van der Waals surface area contributed by atoms with Crippen LogP contribution in [-0.2, 0) is 4.79 Å². The lowest BCUT2D eigenvalue weighted by Crippen LogP contribution is -2.17. The van der Waals surface area contributed by atoms with Crippen molar-refractivity contribution >= 4 is 45.4 Å². The predicted molar refractivity (Wildman–Crippen MR) is 104 cm³/mol. The zero-order valence-electron chi connectivity index (χ0n) is 13.8. The first-order valence-electron chi connectivity index (χ1n) is 7.76. The fourth-order valence-corrected chi connectivity index (χ4v) is 2.90. The summed E-state index contributed by atoms with van der Waals surface area (Å²) in [6.45, 7) is 3.73. The van der Waals surface area contributed by atoms with E-state index in [1.165, 1.54) is 11.3 Å². The van der Waals surface area contributed by atoms with Crippen LogP contribution in [0, 0.1) is 5.92 Å². The van der Waals surface area contributed by atoms with Crippen LogP contribution in [0.2, 0.25) is 5.15 Å². The molecule has 5 nitrogen and oxygen atoms in total. The van der Waals surface area contributed by atoms with E-state index in [-0.39, 0.29) is 11.8 Å². The number of nitrogens with one attached hydrogen (secondary N) is 2. The topological polar surface area (TPSA) is 66.9 Å². The molecular weight excluding hydrogens is 356 g/mol. The second kappa shape index (κ2) is 7.63. The molecule has 2 N–H and O–H groups in total. The lowest BCUT2D eigenvalue weighted by Gasteiger charge is -2.07. The van der Waals surface area contributed by atoms with Crippen LogP contribution < -0.4 is 10.6 Å². The zero-order valence-corrected chi connectivity index (χ0v) is 15.4. The molecule has 0 aliphatic heterocycles. The summed E-state index contributed by atoms with van der Waals surface area (Å²) in [6, 6.07) is 11.2. The summed E-state index contributed by atoms with van der Waals surface area (Å²) < 4.78 is 0. The molecule has 7 heteroatoms. The summed E-state index contributed by atoms with van der Waals surface area (Å²) in [5.41, 5.74) is 3.47. The highest BCUT2D eigenvalue weighted by molar-refractivity contribution is 7.14. The van der Waals surface area contributed by atoms with Crippen molar-refractivity contribution in [3.8, 4) is 11.3 Å². The van der Waals surface area contributed by atoms with Gasteiger partial charge in [-0.2, -0.15) is 0 Å². The maximum Gasteiger partial charge on any atom is 0.226 e. The van der Waals surface area contributed by atoms with Crippen molar-refractivity contribution in [2.45, 2.75) is 13.8 Å². The molecule has 0 saturated carbocycles. The molecule has 128 valence electrons. The van der Waals surface area contributed by atoms with Crippen molar-refractivity contribution in [2.24, 2.45) is 5.92 Å². The molecule has 0 saturated heterocycles. The number of thiazole rings is 1. The number of amides is 1. The summed E-state index contributed by atoms with van der Waals surface area (Å²) >= 11 is 7.29. The molecule has 0 radical (unpaired) electrons. The second-order valence-corrected chi connectivity index (χ2v) is 7.00. The van der Waals surface area contributed by atoms with Gasteiger partial charge in [-0.3, -0.25) is 4.79 Å². The third-order valence-corrected chi connectivity index (χ3v) is 4.44. The Morgan fingerprint density at radius 2 is 1.84 bits per heavy atom. The molecule has 0 fully saturated rings. The van der Waals surface area contributed by atoms with Gasteiger partial charge in [0.1, 0.15) is 5.15 Å². The van der Waals surface area contributed by atoms with Crippen LogP contribution in [0.25, 0.3) is 11.3 Å². The third-order valence-electron chi connectivity index (χ3n) is 3.46. The lowest BCUT2D eigenvalue weighted by molar-refractivity contribution is -0.118. The molecule has 0 bridgehead atoms. The minimum atomic E-state index is -0.0470. The van der Waals surface area contributed by atoms with Gasteiger partial charge in [-0.1, -0.05) is 37.6 Å². The number of carbonyl (C=O) groups is 1. The number of rotatable bonds is 5. The van der Waals surface area contributed by atoms with Crippen molar-refractivity contribution in [1.82, 2.24) is 9.97 Å². The lowest BCUT2D eigenvalue weighted by atomic mass is 10.1. The van der Waals surface area contributed by atoms with Gasteiger partial charge in [0.25, 0.3) is 0 Å². The molecule has 3 rings (SSSR count). The molecule has 25 heavy (non-hydrogen) atoms. The largest absolute Gasteiger partial charge is 0.330 e. The van der Waals surface area contributed by atoms with Crippen molar-refractivity contribution in [3.63, 3.8) is 0 Å². The number of nitrogens with zero attached hydrogens (tertiary/aromatic N) is 2. The Kier molecular flexibility index (Phi) is 5.31. The van der Waals surface area contributed by atoms with E-state index in [0.29, 0.717) is 5.15 Å². The van der Waals surface area contributed by atoms with Crippen LogP contribution in [-0.4, -0.2) is 15.9 Å². The normalized spacial score (nSPS) is 10.7. The van der Waals surface area contributed by atoms with E-state index >= 15 is 0 Å². The number of hydrogen-bond donors (Lipinski definition) is 2. The van der Waals surface area contributed by atoms with Gasteiger partial charge in [-0.05, 0) is 24.3 Å². The predicted octanol–water partition coefficient (Wildman–Crippen LogP) is 5.20. The smallest absolute Gasteiger partial charge is 0.226 e. The molecule has 0 unspecified atom stereocenters. The van der Waals surface area contributed by atoms with Crippen LogP contribution in [0.5, 0.6) is 0 Å². The first-order chi connectivity index (χ1) is 12.0. The van der Waals surface area contributed by atoms with E-state index in [2.05, 4.69) is 20.6 Å². The first-order valence-corrected chi connectivity index (χ1v) is 9.02. The third kappa shape index (κ3) is 4.55. The summed E-state index contributed by atoms with van der Waals surface area (Å²) in [5.74, 6) is -0.0429. The Morgan fingerprint density at radius 3 is 2.48 bits per heavy atom. The Bertz CT molecular complexity index is 860. The van der Waals surface area contributed by atoms with E-state index in [9.17, 15) is 4.79 Å². The average molecular weight is 373 g/mol. The maximum atomic E-state index is 11.7. The second-order valence-electron chi connectivity index (χ2n) is 5.75. The Morgan fingerprint density at radius 1 is 1.12 bits per heavy atom. The SMILES string of the molecule is CC(C)C(=O)Nc1ccc(-c2csc(Nc3ccc(Cl)nc3)n2)cc1. The van der Waals surface area contributed by atoms with Crippen LogP contribution in [0.3, 0.4) is 0 Å². The van der Waals surface area contributed by atoms with Crippen molar-refractivity contribution in [3.05, 3.63) is 53.1 Å². The zero-order chi connectivity index (χ0) is 17.8. The molecule has 2 heterocycles. The van der Waals surface area contributed by atoms with E-state index in [0.717, 1.165) is 27.8 Å². The molecule has 3 aromatic rings. The summed E-state index contributed by atoms with van der Waals surface area (Å²) in [6.07, 6.45) is 1.66. The van der Waals surface area contributed by atoms with Crippen molar-refractivity contribution in [1.29, 1.82) is 0 Å². The monoisotopic (exact) mass is 372 g/mol. The van der Waals surface area contributed by atoms with Crippen molar-refractivity contribution in [2.75, 3.05) is 10.6 Å². The van der Waals surface area contributed by atoms with E-state index in [4.69, 9.17) is 11.6 Å². The van der Waals surface area contributed by atoms with Crippen LogP contribution >= 0.6 is 22.9 Å². The van der Waals surface area contributed by atoms with E-state index in [1.54, 1.807) is 12.3 Å². The Balaban J connectivity index is 1.69. The van der Waals surface area contributed by atoms with Gasteiger partial charge in [0.2, 0.25) is 5.91 Å². The highest BCUT2D eigenvalue weighted by Crippen LogP contribution is 2.28. The quantitative estimate of drug-likeness (QED) is 0.604. The summed E-state index contributed by atoms with van der Waals surface area (Å²) in [5, 5.41) is 9.28. The van der Waals surface area contributed by atoms with E-state index < -0.39 is 0 Å². The highest BCUT2D eigenvalue weighted by Gasteiger charge is 2.08. The number of pyridine rings is 1. The number of aromatic nitrogens is 2. The first kappa shape index (κ1) is 17.4. The average Bonchev–Trinajstić information content (AvgIpc) is 3.06.